The molecule has 1 unspecified atom stereocenters. The maximum absolute atomic E-state index is 11.3. The van der Waals surface area contributed by atoms with Gasteiger partial charge in [0, 0.05) is 11.6 Å². The van der Waals surface area contributed by atoms with Gasteiger partial charge in [-0.1, -0.05) is 0 Å². The Morgan fingerprint density at radius 3 is 2.85 bits per heavy atom. The van der Waals surface area contributed by atoms with Crippen molar-refractivity contribution in [3.8, 4) is 0 Å². The van der Waals surface area contributed by atoms with E-state index in [4.69, 9.17) is 0 Å². The third kappa shape index (κ3) is 3.17. The van der Waals surface area contributed by atoms with Crippen LogP contribution in [-0.2, 0) is 14.8 Å². The minimum Gasteiger partial charge on any atom is -0.296 e. The van der Waals surface area contributed by atoms with Gasteiger partial charge in [0.25, 0.3) is 5.91 Å². The SMILES string of the molecule is CCS(=O)(=O)NC(=O)C1CSCN1. The van der Waals surface area contributed by atoms with Crippen LogP contribution in [0.15, 0.2) is 0 Å². The fourth-order valence-electron chi connectivity index (χ4n) is 0.860. The van der Waals surface area contributed by atoms with Crippen molar-refractivity contribution in [2.45, 2.75) is 13.0 Å². The zero-order chi connectivity index (χ0) is 9.90. The number of hydrogen-bond acceptors (Lipinski definition) is 5. The van der Waals surface area contributed by atoms with Crippen molar-refractivity contribution in [3.63, 3.8) is 0 Å². The van der Waals surface area contributed by atoms with E-state index in [1.807, 2.05) is 4.72 Å². The van der Waals surface area contributed by atoms with Gasteiger partial charge in [-0.15, -0.1) is 11.8 Å². The van der Waals surface area contributed by atoms with Gasteiger partial charge < -0.3 is 0 Å². The van der Waals surface area contributed by atoms with Gasteiger partial charge in [0.05, 0.1) is 11.8 Å². The third-order valence-electron chi connectivity index (χ3n) is 1.67. The van der Waals surface area contributed by atoms with Crippen molar-refractivity contribution in [2.24, 2.45) is 0 Å². The zero-order valence-electron chi connectivity index (χ0n) is 7.24. The van der Waals surface area contributed by atoms with Crippen LogP contribution in [0.5, 0.6) is 0 Å². The molecule has 0 spiro atoms. The molecule has 0 bridgehead atoms. The molecule has 0 aromatic rings. The summed E-state index contributed by atoms with van der Waals surface area (Å²) in [4.78, 5) is 11.3. The molecule has 0 aliphatic carbocycles. The second kappa shape index (κ2) is 4.30. The molecule has 1 heterocycles. The third-order valence-corrected chi connectivity index (χ3v) is 3.88. The lowest BCUT2D eigenvalue weighted by molar-refractivity contribution is -0.120. The molecule has 2 N–H and O–H groups in total. The maximum atomic E-state index is 11.3. The number of thioether (sulfide) groups is 1. The molecule has 1 aliphatic heterocycles. The molecule has 0 saturated carbocycles. The molecule has 7 heteroatoms. The molecule has 1 amide bonds. The summed E-state index contributed by atoms with van der Waals surface area (Å²) in [6.07, 6.45) is 0. The van der Waals surface area contributed by atoms with Crippen LogP contribution in [0.3, 0.4) is 0 Å². The minimum atomic E-state index is -3.40. The molecule has 1 saturated heterocycles. The normalized spacial score (nSPS) is 23.0. The Balaban J connectivity index is 2.49. The lowest BCUT2D eigenvalue weighted by atomic mass is 10.3. The fraction of sp³-hybridized carbons (Fsp3) is 0.833. The maximum Gasteiger partial charge on any atom is 0.251 e. The molecular formula is C6H12N2O3S2. The van der Waals surface area contributed by atoms with Gasteiger partial charge in [0.1, 0.15) is 0 Å². The van der Waals surface area contributed by atoms with E-state index in [0.29, 0.717) is 11.6 Å². The second-order valence-electron chi connectivity index (χ2n) is 2.64. The standard InChI is InChI=1S/C6H12N2O3S2/c1-2-13(10,11)8-6(9)5-3-12-4-7-5/h5,7H,2-4H2,1H3,(H,8,9). The molecule has 1 fully saturated rings. The minimum absolute atomic E-state index is 0.0708. The van der Waals surface area contributed by atoms with Crippen molar-refractivity contribution in [2.75, 3.05) is 17.4 Å². The first-order valence-electron chi connectivity index (χ1n) is 3.90. The molecule has 76 valence electrons. The van der Waals surface area contributed by atoms with Crippen LogP contribution in [-0.4, -0.2) is 37.7 Å². The summed E-state index contributed by atoms with van der Waals surface area (Å²) in [6.45, 7) is 1.49. The Hall–Kier alpha value is -0.270. The van der Waals surface area contributed by atoms with Gasteiger partial charge in [-0.05, 0) is 6.92 Å². The summed E-state index contributed by atoms with van der Waals surface area (Å²) < 4.78 is 24.0. The van der Waals surface area contributed by atoms with Crippen LogP contribution < -0.4 is 10.0 Å². The van der Waals surface area contributed by atoms with Crippen molar-refractivity contribution < 1.29 is 13.2 Å². The molecule has 0 radical (unpaired) electrons. The largest absolute Gasteiger partial charge is 0.296 e. The van der Waals surface area contributed by atoms with E-state index >= 15 is 0 Å². The average Bonchev–Trinajstić information content (AvgIpc) is 2.55. The molecule has 1 atom stereocenters. The Kier molecular flexibility index (Phi) is 3.57. The molecule has 0 aromatic carbocycles. The van der Waals surface area contributed by atoms with Crippen molar-refractivity contribution in [1.82, 2.24) is 10.0 Å². The van der Waals surface area contributed by atoms with E-state index in [2.05, 4.69) is 5.32 Å². The predicted octanol–water partition coefficient (Wildman–Crippen LogP) is -0.885. The van der Waals surface area contributed by atoms with Gasteiger partial charge in [0.2, 0.25) is 10.0 Å². The molecule has 0 aromatic heterocycles. The van der Waals surface area contributed by atoms with E-state index < -0.39 is 15.9 Å². The number of sulfonamides is 1. The Morgan fingerprint density at radius 2 is 2.38 bits per heavy atom. The van der Waals surface area contributed by atoms with E-state index in [9.17, 15) is 13.2 Å². The van der Waals surface area contributed by atoms with E-state index in [0.717, 1.165) is 0 Å². The number of carbonyl (C=O) groups excluding carboxylic acids is 1. The highest BCUT2D eigenvalue weighted by atomic mass is 32.2. The summed E-state index contributed by atoms with van der Waals surface area (Å²) in [7, 11) is -3.40. The Labute approximate surface area is 81.7 Å². The number of carbonyl (C=O) groups is 1. The smallest absolute Gasteiger partial charge is 0.251 e. The summed E-state index contributed by atoms with van der Waals surface area (Å²) >= 11 is 1.58. The lowest BCUT2D eigenvalue weighted by Gasteiger charge is -2.09. The molecule has 1 aliphatic rings. The Morgan fingerprint density at radius 1 is 1.69 bits per heavy atom. The summed E-state index contributed by atoms with van der Waals surface area (Å²) in [5.74, 6) is 0.806. The van der Waals surface area contributed by atoms with Gasteiger partial charge in [-0.25, -0.2) is 8.42 Å². The first kappa shape index (κ1) is 10.8. The molecule has 13 heavy (non-hydrogen) atoms. The highest BCUT2D eigenvalue weighted by Crippen LogP contribution is 2.09. The van der Waals surface area contributed by atoms with Gasteiger partial charge in [0.15, 0.2) is 0 Å². The first-order chi connectivity index (χ1) is 6.05. The first-order valence-corrected chi connectivity index (χ1v) is 6.71. The van der Waals surface area contributed by atoms with Crippen LogP contribution in [0, 0.1) is 0 Å². The quantitative estimate of drug-likeness (QED) is 0.651. The lowest BCUT2D eigenvalue weighted by Crippen LogP contribution is -2.44. The van der Waals surface area contributed by atoms with Crippen molar-refractivity contribution >= 4 is 27.7 Å². The highest BCUT2D eigenvalue weighted by molar-refractivity contribution is 7.99. The Bertz CT molecular complexity index is 282. The number of nitrogens with one attached hydrogen (secondary N) is 2. The summed E-state index contributed by atoms with van der Waals surface area (Å²) in [5.41, 5.74) is 0. The van der Waals surface area contributed by atoms with Crippen LogP contribution in [0.2, 0.25) is 0 Å². The monoisotopic (exact) mass is 224 g/mol. The van der Waals surface area contributed by atoms with Gasteiger partial charge in [-0.2, -0.15) is 0 Å². The van der Waals surface area contributed by atoms with E-state index in [1.165, 1.54) is 6.92 Å². The highest BCUT2D eigenvalue weighted by Gasteiger charge is 2.25. The molecule has 5 nitrogen and oxygen atoms in total. The zero-order valence-corrected chi connectivity index (χ0v) is 8.87. The van der Waals surface area contributed by atoms with E-state index in [-0.39, 0.29) is 11.8 Å². The van der Waals surface area contributed by atoms with Gasteiger partial charge >= 0.3 is 0 Å². The fourth-order valence-corrected chi connectivity index (χ4v) is 2.40. The topological polar surface area (TPSA) is 75.3 Å². The molecule has 1 rings (SSSR count). The summed E-state index contributed by atoms with van der Waals surface area (Å²) in [6, 6.07) is -0.369. The second-order valence-corrected chi connectivity index (χ2v) is 5.68. The number of hydrogen-bond donors (Lipinski definition) is 2. The predicted molar refractivity (Wildman–Crippen MR) is 51.9 cm³/mol. The van der Waals surface area contributed by atoms with Crippen LogP contribution in [0.4, 0.5) is 0 Å². The van der Waals surface area contributed by atoms with Crippen LogP contribution in [0.25, 0.3) is 0 Å². The van der Waals surface area contributed by atoms with Crippen molar-refractivity contribution in [1.29, 1.82) is 0 Å². The van der Waals surface area contributed by atoms with E-state index in [1.54, 1.807) is 11.8 Å². The van der Waals surface area contributed by atoms with Crippen molar-refractivity contribution in [3.05, 3.63) is 0 Å². The van der Waals surface area contributed by atoms with Gasteiger partial charge in [-0.3, -0.25) is 14.8 Å². The average molecular weight is 224 g/mol. The number of rotatable bonds is 3. The van der Waals surface area contributed by atoms with Crippen LogP contribution in [0.1, 0.15) is 6.92 Å². The summed E-state index contributed by atoms with van der Waals surface area (Å²) in [5, 5.41) is 2.89. The molecular weight excluding hydrogens is 212 g/mol. The van der Waals surface area contributed by atoms with Crippen LogP contribution >= 0.6 is 11.8 Å². The number of amides is 1.